The summed E-state index contributed by atoms with van der Waals surface area (Å²) in [5, 5.41) is 0.108. The van der Waals surface area contributed by atoms with Crippen LogP contribution >= 0.6 is 11.6 Å². The van der Waals surface area contributed by atoms with E-state index in [1.165, 1.54) is 12.1 Å². The van der Waals surface area contributed by atoms with E-state index in [-0.39, 0.29) is 10.6 Å². The van der Waals surface area contributed by atoms with Crippen molar-refractivity contribution in [1.82, 2.24) is 0 Å². The number of Topliss-reactive ketones (excluding diaryl/α,β-unsaturated/α-hetero) is 1. The van der Waals surface area contributed by atoms with E-state index in [0.29, 0.717) is 5.56 Å². The molecule has 0 fully saturated rings. The van der Waals surface area contributed by atoms with Crippen LogP contribution in [-0.4, -0.2) is 14.2 Å². The molecule has 1 aliphatic rings. The van der Waals surface area contributed by atoms with Crippen molar-refractivity contribution in [3.05, 3.63) is 82.4 Å². The number of rotatable bonds is 5. The minimum absolute atomic E-state index is 0.0358. The number of hydrogen-bond acceptors (Lipinski definition) is 6. The highest BCUT2D eigenvalue weighted by Crippen LogP contribution is 2.35. The Labute approximate surface area is 151 Å². The molecule has 25 heavy (non-hydrogen) atoms. The SMILES string of the molecule is [2H][C@@]1(c2ccccc2Cl)OC(N)=C(OS(=O)(=O)Cc2ccccc2)C1=O. The Morgan fingerprint density at radius 1 is 1.16 bits per heavy atom. The number of carbonyl (C=O) groups excluding carboxylic acids is 1. The Balaban J connectivity index is 1.86. The maximum atomic E-state index is 12.6. The Morgan fingerprint density at radius 3 is 2.48 bits per heavy atom. The second kappa shape index (κ2) is 6.78. The summed E-state index contributed by atoms with van der Waals surface area (Å²) in [6, 6.07) is 14.4. The molecule has 2 aromatic carbocycles. The van der Waals surface area contributed by atoms with Gasteiger partial charge in [-0.25, -0.2) is 0 Å². The molecule has 2 aromatic rings. The van der Waals surface area contributed by atoms with Crippen LogP contribution in [0.25, 0.3) is 0 Å². The molecule has 130 valence electrons. The topological polar surface area (TPSA) is 95.7 Å². The summed E-state index contributed by atoms with van der Waals surface area (Å²) in [6.07, 6.45) is -2.31. The summed E-state index contributed by atoms with van der Waals surface area (Å²) >= 11 is 6.02. The van der Waals surface area contributed by atoms with Crippen LogP contribution in [0.3, 0.4) is 0 Å². The first-order valence-electron chi connectivity index (χ1n) is 7.67. The zero-order valence-electron chi connectivity index (χ0n) is 13.8. The van der Waals surface area contributed by atoms with Crippen LogP contribution < -0.4 is 5.73 Å². The molecule has 6 nitrogen and oxygen atoms in total. The molecule has 0 spiro atoms. The fourth-order valence-electron chi connectivity index (χ4n) is 2.25. The number of nitrogens with two attached hydrogens (primary N) is 1. The lowest BCUT2D eigenvalue weighted by Gasteiger charge is -2.11. The summed E-state index contributed by atoms with van der Waals surface area (Å²) in [4.78, 5) is 12.6. The van der Waals surface area contributed by atoms with Crippen LogP contribution in [-0.2, 0) is 29.6 Å². The van der Waals surface area contributed by atoms with E-state index in [9.17, 15) is 13.2 Å². The van der Waals surface area contributed by atoms with Gasteiger partial charge >= 0.3 is 10.1 Å². The van der Waals surface area contributed by atoms with Crippen LogP contribution in [0.2, 0.25) is 5.02 Å². The van der Waals surface area contributed by atoms with Crippen molar-refractivity contribution in [3.8, 4) is 0 Å². The predicted molar refractivity (Wildman–Crippen MR) is 91.6 cm³/mol. The fourth-order valence-corrected chi connectivity index (χ4v) is 3.55. The molecule has 8 heteroatoms. The molecule has 2 N–H and O–H groups in total. The molecule has 3 rings (SSSR count). The lowest BCUT2D eigenvalue weighted by molar-refractivity contribution is -0.123. The summed E-state index contributed by atoms with van der Waals surface area (Å²) in [7, 11) is -4.18. The standard InChI is InChI=1S/C17H14ClNO5S/c18-13-9-5-4-8-12(13)15-14(20)16(17(19)23-15)24-25(21,22)10-11-6-2-1-3-7-11/h1-9,15H,10,19H2/t15-/m0/s1/i15D. The number of halogens is 1. The van der Waals surface area contributed by atoms with E-state index in [0.717, 1.165) is 0 Å². The number of carbonyl (C=O) groups is 1. The average Bonchev–Trinajstić information content (AvgIpc) is 2.79. The predicted octanol–water partition coefficient (Wildman–Crippen LogP) is 2.65. The van der Waals surface area contributed by atoms with Crippen molar-refractivity contribution in [1.29, 1.82) is 0 Å². The summed E-state index contributed by atoms with van der Waals surface area (Å²) < 4.78 is 42.8. The van der Waals surface area contributed by atoms with Gasteiger partial charge in [0, 0.05) is 10.6 Å². The Morgan fingerprint density at radius 2 is 1.80 bits per heavy atom. The first kappa shape index (κ1) is 16.0. The van der Waals surface area contributed by atoms with E-state index in [1.54, 1.807) is 42.5 Å². The lowest BCUT2D eigenvalue weighted by Crippen LogP contribution is -2.16. The second-order valence-corrected chi connectivity index (χ2v) is 7.18. The van der Waals surface area contributed by atoms with Gasteiger partial charge in [0.25, 0.3) is 0 Å². The second-order valence-electron chi connectivity index (χ2n) is 5.20. The van der Waals surface area contributed by atoms with Crippen molar-refractivity contribution in [2.24, 2.45) is 5.73 Å². The number of ketones is 1. The molecule has 0 unspecified atom stereocenters. The third-order valence-electron chi connectivity index (χ3n) is 3.36. The van der Waals surface area contributed by atoms with Crippen molar-refractivity contribution in [2.75, 3.05) is 0 Å². The van der Waals surface area contributed by atoms with Gasteiger partial charge in [-0.1, -0.05) is 60.1 Å². The molecular weight excluding hydrogens is 366 g/mol. The molecule has 0 aliphatic carbocycles. The third kappa shape index (κ3) is 3.78. The van der Waals surface area contributed by atoms with Gasteiger partial charge in [-0.2, -0.15) is 8.42 Å². The van der Waals surface area contributed by atoms with E-state index >= 15 is 0 Å². The van der Waals surface area contributed by atoms with Crippen molar-refractivity contribution < 1.29 is 23.5 Å². The van der Waals surface area contributed by atoms with Crippen molar-refractivity contribution >= 4 is 27.5 Å². The maximum absolute atomic E-state index is 12.6. The molecule has 1 atom stereocenters. The van der Waals surface area contributed by atoms with E-state index < -0.39 is 39.4 Å². The molecular formula is C17H14ClNO5S. The monoisotopic (exact) mass is 380 g/mol. The fraction of sp³-hybridized carbons (Fsp3) is 0.118. The lowest BCUT2D eigenvalue weighted by atomic mass is 10.1. The summed E-state index contributed by atoms with van der Waals surface area (Å²) in [6.45, 7) is 0. The van der Waals surface area contributed by atoms with Gasteiger partial charge in [-0.15, -0.1) is 0 Å². The molecule has 0 aromatic heterocycles. The normalized spacial score (nSPS) is 21.0. The van der Waals surface area contributed by atoms with Crippen LogP contribution in [0, 0.1) is 0 Å². The molecule has 0 amide bonds. The van der Waals surface area contributed by atoms with Crippen LogP contribution in [0.1, 0.15) is 18.6 Å². The average molecular weight is 381 g/mol. The van der Waals surface area contributed by atoms with Gasteiger partial charge in [0.1, 0.15) is 5.75 Å². The summed E-state index contributed by atoms with van der Waals surface area (Å²) in [5.41, 5.74) is 6.13. The molecule has 0 saturated carbocycles. The number of hydrogen-bond donors (Lipinski definition) is 1. The molecule has 1 heterocycles. The van der Waals surface area contributed by atoms with Crippen LogP contribution in [0.5, 0.6) is 0 Å². The third-order valence-corrected chi connectivity index (χ3v) is 4.80. The van der Waals surface area contributed by atoms with E-state index in [1.807, 2.05) is 0 Å². The summed E-state index contributed by atoms with van der Waals surface area (Å²) in [5.74, 6) is -2.81. The molecule has 0 bridgehead atoms. The smallest absolute Gasteiger partial charge is 0.313 e. The quantitative estimate of drug-likeness (QED) is 0.801. The van der Waals surface area contributed by atoms with Crippen LogP contribution in [0.15, 0.2) is 66.2 Å². The van der Waals surface area contributed by atoms with Crippen molar-refractivity contribution in [3.63, 3.8) is 0 Å². The Hall–Kier alpha value is -2.51. The van der Waals surface area contributed by atoms with Gasteiger partial charge in [-0.05, 0) is 11.6 Å². The maximum Gasteiger partial charge on any atom is 0.313 e. The molecule has 0 radical (unpaired) electrons. The van der Waals surface area contributed by atoms with E-state index in [2.05, 4.69) is 0 Å². The molecule has 0 saturated heterocycles. The Kier molecular flexibility index (Phi) is 4.33. The zero-order chi connectivity index (χ0) is 18.9. The molecule has 1 aliphatic heterocycles. The van der Waals surface area contributed by atoms with E-state index in [4.69, 9.17) is 27.6 Å². The minimum atomic E-state index is -4.18. The highest BCUT2D eigenvalue weighted by molar-refractivity contribution is 7.86. The first-order valence-corrected chi connectivity index (χ1v) is 9.13. The van der Waals surface area contributed by atoms with Crippen LogP contribution in [0.4, 0.5) is 0 Å². The van der Waals surface area contributed by atoms with Gasteiger partial charge in [-0.3, -0.25) is 4.79 Å². The largest absolute Gasteiger partial charge is 0.460 e. The van der Waals surface area contributed by atoms with Gasteiger partial charge in [0.2, 0.25) is 17.4 Å². The highest BCUT2D eigenvalue weighted by atomic mass is 35.5. The minimum Gasteiger partial charge on any atom is -0.460 e. The van der Waals surface area contributed by atoms with Crippen molar-refractivity contribution in [2.45, 2.75) is 11.8 Å². The zero-order valence-corrected chi connectivity index (χ0v) is 14.4. The van der Waals surface area contributed by atoms with Gasteiger partial charge in [0.15, 0.2) is 6.08 Å². The number of benzene rings is 2. The van der Waals surface area contributed by atoms with Gasteiger partial charge in [0.05, 0.1) is 1.37 Å². The Bertz CT molecular complexity index is 993. The van der Waals surface area contributed by atoms with Gasteiger partial charge < -0.3 is 14.7 Å². The highest BCUT2D eigenvalue weighted by Gasteiger charge is 2.40. The number of ether oxygens (including phenoxy) is 1. The first-order chi connectivity index (χ1) is 12.2.